The highest BCUT2D eigenvalue weighted by atomic mass is 16.5. The third kappa shape index (κ3) is 3.08. The van der Waals surface area contributed by atoms with Crippen molar-refractivity contribution < 1.29 is 4.74 Å². The Hall–Kier alpha value is -3.12. The number of rotatable bonds is 3. The molecule has 138 valence electrons. The Kier molecular flexibility index (Phi) is 4.64. The van der Waals surface area contributed by atoms with Crippen LogP contribution in [0, 0.1) is 6.92 Å². The molecule has 0 amide bonds. The molecule has 4 rings (SSSR count). The Bertz CT molecular complexity index is 1050. The Morgan fingerprint density at radius 2 is 1.30 bits per heavy atom. The first-order chi connectivity index (χ1) is 13.2. The first kappa shape index (κ1) is 17.3. The van der Waals surface area contributed by atoms with Gasteiger partial charge < -0.3 is 9.64 Å². The predicted molar refractivity (Wildman–Crippen MR) is 105 cm³/mol. The molecule has 6 nitrogen and oxygen atoms in total. The molecule has 0 saturated carbocycles. The van der Waals surface area contributed by atoms with Crippen molar-refractivity contribution in [3.8, 4) is 11.4 Å². The van der Waals surface area contributed by atoms with Crippen LogP contribution in [0.1, 0.15) is 5.69 Å². The van der Waals surface area contributed by atoms with Crippen molar-refractivity contribution >= 4 is 5.69 Å². The quantitative estimate of drug-likeness (QED) is 0.715. The molecule has 1 aliphatic rings. The van der Waals surface area contributed by atoms with Crippen molar-refractivity contribution in [3.05, 3.63) is 87.2 Å². The average molecular weight is 363 g/mol. The zero-order valence-corrected chi connectivity index (χ0v) is 15.2. The maximum Gasteiger partial charge on any atom is 0.340 e. The van der Waals surface area contributed by atoms with E-state index in [1.807, 2.05) is 60.4 Å². The van der Waals surface area contributed by atoms with Gasteiger partial charge in [0.05, 0.1) is 30.3 Å². The molecule has 1 fully saturated rings. The molecule has 2 heterocycles. The largest absolute Gasteiger partial charge is 0.378 e. The van der Waals surface area contributed by atoms with E-state index < -0.39 is 0 Å². The second-order valence-electron chi connectivity index (χ2n) is 6.46. The van der Waals surface area contributed by atoms with Crippen LogP contribution in [0.4, 0.5) is 5.69 Å². The third-order valence-electron chi connectivity index (χ3n) is 4.82. The minimum absolute atomic E-state index is 0.294. The van der Waals surface area contributed by atoms with Gasteiger partial charge >= 0.3 is 5.69 Å². The molecule has 27 heavy (non-hydrogen) atoms. The fourth-order valence-electron chi connectivity index (χ4n) is 3.53. The molecule has 0 unspecified atom stereocenters. The highest BCUT2D eigenvalue weighted by Crippen LogP contribution is 2.19. The van der Waals surface area contributed by atoms with E-state index in [2.05, 4.69) is 0 Å². The van der Waals surface area contributed by atoms with Crippen LogP contribution in [0.5, 0.6) is 0 Å². The Morgan fingerprint density at radius 1 is 0.778 bits per heavy atom. The molecule has 0 spiro atoms. The predicted octanol–water partition coefficient (Wildman–Crippen LogP) is 2.13. The number of nitrogens with zero attached hydrogens (tertiary/aromatic N) is 3. The monoisotopic (exact) mass is 363 g/mol. The normalized spacial score (nSPS) is 14.3. The molecule has 1 aliphatic heterocycles. The summed E-state index contributed by atoms with van der Waals surface area (Å²) < 4.78 is 8.30. The standard InChI is InChI=1S/C21H21N3O3/c1-16-19(22-12-14-27-15-13-22)20(25)24(18-10-6-3-7-11-18)21(26)23(16)17-8-4-2-5-9-17/h2-11H,12-15H2,1H3. The smallest absolute Gasteiger partial charge is 0.340 e. The fraction of sp³-hybridized carbons (Fsp3) is 0.238. The van der Waals surface area contributed by atoms with Gasteiger partial charge in [-0.1, -0.05) is 36.4 Å². The lowest BCUT2D eigenvalue weighted by Crippen LogP contribution is -2.46. The van der Waals surface area contributed by atoms with Gasteiger partial charge in [-0.2, -0.15) is 0 Å². The lowest BCUT2D eigenvalue weighted by molar-refractivity contribution is 0.122. The second-order valence-corrected chi connectivity index (χ2v) is 6.46. The molecule has 0 bridgehead atoms. The number of morpholine rings is 1. The molecule has 0 aliphatic carbocycles. The van der Waals surface area contributed by atoms with Crippen LogP contribution < -0.4 is 16.1 Å². The molecule has 3 aromatic rings. The van der Waals surface area contributed by atoms with Gasteiger partial charge in [-0.3, -0.25) is 9.36 Å². The number of hydrogen-bond acceptors (Lipinski definition) is 4. The molecular weight excluding hydrogens is 342 g/mol. The number of hydrogen-bond donors (Lipinski definition) is 0. The van der Waals surface area contributed by atoms with Gasteiger partial charge in [0, 0.05) is 13.1 Å². The number of aromatic nitrogens is 2. The van der Waals surface area contributed by atoms with Gasteiger partial charge in [0.25, 0.3) is 5.56 Å². The van der Waals surface area contributed by atoms with Crippen molar-refractivity contribution in [2.24, 2.45) is 0 Å². The van der Waals surface area contributed by atoms with E-state index in [0.717, 1.165) is 5.69 Å². The number of anilines is 1. The minimum Gasteiger partial charge on any atom is -0.378 e. The summed E-state index contributed by atoms with van der Waals surface area (Å²) in [6, 6.07) is 18.5. The maximum absolute atomic E-state index is 13.4. The first-order valence-electron chi connectivity index (χ1n) is 9.00. The molecule has 6 heteroatoms. The van der Waals surface area contributed by atoms with E-state index in [4.69, 9.17) is 4.74 Å². The summed E-state index contributed by atoms with van der Waals surface area (Å²) in [6.07, 6.45) is 0. The molecule has 1 aromatic heterocycles. The average Bonchev–Trinajstić information content (AvgIpc) is 2.70. The van der Waals surface area contributed by atoms with Crippen molar-refractivity contribution in [1.82, 2.24) is 9.13 Å². The summed E-state index contributed by atoms with van der Waals surface area (Å²) in [5.41, 5.74) is 1.83. The summed E-state index contributed by atoms with van der Waals surface area (Å²) in [6.45, 7) is 4.20. The second kappa shape index (κ2) is 7.25. The van der Waals surface area contributed by atoms with E-state index in [1.54, 1.807) is 16.7 Å². The van der Waals surface area contributed by atoms with Crippen LogP contribution in [0.3, 0.4) is 0 Å². The summed E-state index contributed by atoms with van der Waals surface area (Å²) >= 11 is 0. The maximum atomic E-state index is 13.4. The van der Waals surface area contributed by atoms with Gasteiger partial charge in [-0.25, -0.2) is 9.36 Å². The van der Waals surface area contributed by atoms with Gasteiger partial charge in [0.1, 0.15) is 5.69 Å². The van der Waals surface area contributed by atoms with E-state index in [1.165, 1.54) is 4.57 Å². The van der Waals surface area contributed by atoms with Crippen LogP contribution in [0.2, 0.25) is 0 Å². The van der Waals surface area contributed by atoms with Gasteiger partial charge in [0.2, 0.25) is 0 Å². The lowest BCUT2D eigenvalue weighted by Gasteiger charge is -2.30. The summed E-state index contributed by atoms with van der Waals surface area (Å²) in [4.78, 5) is 28.7. The van der Waals surface area contributed by atoms with Crippen LogP contribution >= 0.6 is 0 Å². The lowest BCUT2D eigenvalue weighted by atomic mass is 10.2. The van der Waals surface area contributed by atoms with Gasteiger partial charge in [-0.05, 0) is 31.2 Å². The molecular formula is C21H21N3O3. The van der Waals surface area contributed by atoms with Gasteiger partial charge in [0.15, 0.2) is 0 Å². The van der Waals surface area contributed by atoms with E-state index >= 15 is 0 Å². The minimum atomic E-state index is -0.369. The highest BCUT2D eigenvalue weighted by Gasteiger charge is 2.24. The van der Waals surface area contributed by atoms with Crippen molar-refractivity contribution in [3.63, 3.8) is 0 Å². The number of benzene rings is 2. The van der Waals surface area contributed by atoms with Crippen LogP contribution in [0.25, 0.3) is 11.4 Å². The van der Waals surface area contributed by atoms with E-state index in [9.17, 15) is 9.59 Å². The zero-order valence-electron chi connectivity index (χ0n) is 15.2. The summed E-state index contributed by atoms with van der Waals surface area (Å²) in [5, 5.41) is 0. The SMILES string of the molecule is Cc1c(N2CCOCC2)c(=O)n(-c2ccccc2)c(=O)n1-c1ccccc1. The van der Waals surface area contributed by atoms with Crippen LogP contribution in [-0.2, 0) is 4.74 Å². The number of para-hydroxylation sites is 2. The molecule has 0 atom stereocenters. The van der Waals surface area contributed by atoms with Crippen LogP contribution in [-0.4, -0.2) is 35.4 Å². The van der Waals surface area contributed by atoms with Gasteiger partial charge in [-0.15, -0.1) is 0 Å². The van der Waals surface area contributed by atoms with Crippen molar-refractivity contribution in [1.29, 1.82) is 0 Å². The highest BCUT2D eigenvalue weighted by molar-refractivity contribution is 5.53. The third-order valence-corrected chi connectivity index (χ3v) is 4.82. The Labute approximate surface area is 156 Å². The zero-order chi connectivity index (χ0) is 18.8. The van der Waals surface area contributed by atoms with Crippen molar-refractivity contribution in [2.75, 3.05) is 31.2 Å². The molecule has 0 radical (unpaired) electrons. The van der Waals surface area contributed by atoms with Crippen molar-refractivity contribution in [2.45, 2.75) is 6.92 Å². The molecule has 2 aromatic carbocycles. The summed E-state index contributed by atoms with van der Waals surface area (Å²) in [5.74, 6) is 0. The fourth-order valence-corrected chi connectivity index (χ4v) is 3.53. The summed E-state index contributed by atoms with van der Waals surface area (Å²) in [7, 11) is 0. The van der Waals surface area contributed by atoms with Crippen LogP contribution in [0.15, 0.2) is 70.3 Å². The topological polar surface area (TPSA) is 56.5 Å². The molecule has 1 saturated heterocycles. The first-order valence-corrected chi connectivity index (χ1v) is 9.00. The van der Waals surface area contributed by atoms with E-state index in [-0.39, 0.29) is 11.2 Å². The number of ether oxygens (including phenoxy) is 1. The van der Waals surface area contributed by atoms with E-state index in [0.29, 0.717) is 43.4 Å². The molecule has 0 N–H and O–H groups in total. The Morgan fingerprint density at radius 3 is 1.85 bits per heavy atom. The Balaban J connectivity index is 2.05.